The Kier molecular flexibility index (Phi) is 19.5. The largest absolute Gasteiger partial charge is 0.469 e. The Morgan fingerprint density at radius 2 is 1.93 bits per heavy atom. The van der Waals surface area contributed by atoms with Crippen molar-refractivity contribution in [2.45, 2.75) is 58.9 Å². The van der Waals surface area contributed by atoms with E-state index in [4.69, 9.17) is 17.3 Å². The topological polar surface area (TPSA) is 110 Å². The summed E-state index contributed by atoms with van der Waals surface area (Å²) in [6.07, 6.45) is 7.52. The Balaban J connectivity index is 0. The SMILES string of the molecule is C=CCC.CCCC(/C(N)=N/N=N/C=C/CCl)N(CC)C(=O)CCC(=O)OC. The molecule has 0 aromatic rings. The minimum absolute atomic E-state index is 0.0324. The summed E-state index contributed by atoms with van der Waals surface area (Å²) in [6, 6.07) is -0.388. The number of methoxy groups -OCH3 is 1. The lowest BCUT2D eigenvalue weighted by molar-refractivity contribution is -0.143. The van der Waals surface area contributed by atoms with Crippen LogP contribution in [-0.4, -0.2) is 48.2 Å². The second-order valence-corrected chi connectivity index (χ2v) is 5.83. The summed E-state index contributed by atoms with van der Waals surface area (Å²) in [5.41, 5.74) is 5.98. The molecule has 1 unspecified atom stereocenters. The molecule has 0 rings (SSSR count). The molecule has 2 N–H and O–H groups in total. The number of carbonyl (C=O) groups excluding carboxylic acids is 2. The number of halogens is 1. The number of alkyl halides is 1. The number of hydrogen-bond acceptors (Lipinski definition) is 5. The predicted molar refractivity (Wildman–Crippen MR) is 114 cm³/mol. The van der Waals surface area contributed by atoms with Crippen molar-refractivity contribution in [1.29, 1.82) is 0 Å². The summed E-state index contributed by atoms with van der Waals surface area (Å²) >= 11 is 5.47. The Hall–Kier alpha value is -2.22. The highest BCUT2D eigenvalue weighted by molar-refractivity contribution is 6.18. The van der Waals surface area contributed by atoms with Gasteiger partial charge >= 0.3 is 5.97 Å². The van der Waals surface area contributed by atoms with Gasteiger partial charge in [0.15, 0.2) is 0 Å². The van der Waals surface area contributed by atoms with Crippen LogP contribution in [0.5, 0.6) is 0 Å². The summed E-state index contributed by atoms with van der Waals surface area (Å²) in [6.45, 7) is 9.82. The number of esters is 1. The molecule has 1 amide bonds. The smallest absolute Gasteiger partial charge is 0.306 e. The summed E-state index contributed by atoms with van der Waals surface area (Å²) in [5, 5.41) is 11.1. The van der Waals surface area contributed by atoms with E-state index in [0.29, 0.717) is 18.8 Å². The summed E-state index contributed by atoms with van der Waals surface area (Å²) < 4.78 is 4.55. The molecule has 160 valence electrons. The fourth-order valence-corrected chi connectivity index (χ4v) is 2.10. The molecule has 8 nitrogen and oxygen atoms in total. The highest BCUT2D eigenvalue weighted by Gasteiger charge is 2.25. The summed E-state index contributed by atoms with van der Waals surface area (Å²) in [7, 11) is 1.29. The lowest BCUT2D eigenvalue weighted by Gasteiger charge is -2.30. The van der Waals surface area contributed by atoms with E-state index in [1.807, 2.05) is 19.9 Å². The van der Waals surface area contributed by atoms with E-state index in [9.17, 15) is 9.59 Å². The van der Waals surface area contributed by atoms with Crippen molar-refractivity contribution in [2.24, 2.45) is 21.2 Å². The van der Waals surface area contributed by atoms with Crippen LogP contribution in [-0.2, 0) is 14.3 Å². The molecule has 1 atom stereocenters. The maximum Gasteiger partial charge on any atom is 0.306 e. The molecule has 0 aliphatic carbocycles. The Morgan fingerprint density at radius 1 is 1.29 bits per heavy atom. The molecule has 0 bridgehead atoms. The molecule has 0 aliphatic heterocycles. The minimum Gasteiger partial charge on any atom is -0.469 e. The highest BCUT2D eigenvalue weighted by Crippen LogP contribution is 2.11. The molecule has 9 heteroatoms. The molecule has 0 aromatic carbocycles. The first-order valence-electron chi connectivity index (χ1n) is 9.34. The Labute approximate surface area is 173 Å². The molecule has 0 saturated carbocycles. The molecule has 0 heterocycles. The van der Waals surface area contributed by atoms with Crippen LogP contribution in [0.15, 0.2) is 40.4 Å². The quantitative estimate of drug-likeness (QED) is 0.0986. The van der Waals surface area contributed by atoms with Crippen molar-refractivity contribution >= 4 is 29.3 Å². The van der Waals surface area contributed by atoms with Gasteiger partial charge in [-0.2, -0.15) is 0 Å². The van der Waals surface area contributed by atoms with Crippen molar-refractivity contribution in [1.82, 2.24) is 4.90 Å². The van der Waals surface area contributed by atoms with Gasteiger partial charge in [0.25, 0.3) is 0 Å². The van der Waals surface area contributed by atoms with Crippen molar-refractivity contribution in [2.75, 3.05) is 19.5 Å². The summed E-state index contributed by atoms with van der Waals surface area (Å²) in [4.78, 5) is 25.2. The number of amides is 1. The Bertz CT molecular complexity index is 536. The number of allylic oxidation sites excluding steroid dienone is 2. The second-order valence-electron chi connectivity index (χ2n) is 5.53. The van der Waals surface area contributed by atoms with Gasteiger partial charge in [0.2, 0.25) is 5.91 Å². The molecular weight excluding hydrogens is 382 g/mol. The molecular formula is C19H34ClN5O3. The van der Waals surface area contributed by atoms with Crippen LogP contribution in [0.25, 0.3) is 0 Å². The minimum atomic E-state index is -0.423. The van der Waals surface area contributed by atoms with Gasteiger partial charge in [0, 0.05) is 25.0 Å². The lowest BCUT2D eigenvalue weighted by atomic mass is 10.1. The van der Waals surface area contributed by atoms with Gasteiger partial charge in [0.05, 0.1) is 19.6 Å². The third-order valence-corrected chi connectivity index (χ3v) is 3.65. The van der Waals surface area contributed by atoms with Gasteiger partial charge in [0.1, 0.15) is 5.84 Å². The van der Waals surface area contributed by atoms with Gasteiger partial charge in [-0.05, 0) is 31.1 Å². The fourth-order valence-electron chi connectivity index (χ4n) is 2.02. The first-order chi connectivity index (χ1) is 13.4. The Morgan fingerprint density at radius 3 is 2.39 bits per heavy atom. The maximum atomic E-state index is 12.4. The van der Waals surface area contributed by atoms with Crippen molar-refractivity contribution < 1.29 is 14.3 Å². The molecule has 0 radical (unpaired) electrons. The van der Waals surface area contributed by atoms with Crippen LogP contribution in [0.2, 0.25) is 0 Å². The van der Waals surface area contributed by atoms with E-state index in [-0.39, 0.29) is 30.6 Å². The van der Waals surface area contributed by atoms with E-state index in [1.165, 1.54) is 13.3 Å². The van der Waals surface area contributed by atoms with Gasteiger partial charge < -0.3 is 15.4 Å². The predicted octanol–water partition coefficient (Wildman–Crippen LogP) is 4.02. The number of hydrogen-bond donors (Lipinski definition) is 1. The average molecular weight is 416 g/mol. The van der Waals surface area contributed by atoms with E-state index in [0.717, 1.165) is 12.8 Å². The number of amidine groups is 1. The first-order valence-corrected chi connectivity index (χ1v) is 9.87. The zero-order chi connectivity index (χ0) is 21.8. The van der Waals surface area contributed by atoms with Gasteiger partial charge in [-0.25, -0.2) is 0 Å². The number of carbonyl (C=O) groups is 2. The normalized spacial score (nSPS) is 12.4. The van der Waals surface area contributed by atoms with E-state index < -0.39 is 5.97 Å². The monoisotopic (exact) mass is 415 g/mol. The first kappa shape index (κ1) is 28.0. The lowest BCUT2D eigenvalue weighted by Crippen LogP contribution is -2.48. The molecule has 0 aromatic heterocycles. The number of likely N-dealkylation sites (N-methyl/N-ethyl adjacent to an activating group) is 1. The van der Waals surface area contributed by atoms with Crippen LogP contribution >= 0.6 is 11.6 Å². The number of nitrogens with two attached hydrogens (primary N) is 1. The number of rotatable bonds is 12. The number of nitrogens with zero attached hydrogens (tertiary/aromatic N) is 4. The van der Waals surface area contributed by atoms with Crippen LogP contribution in [0.3, 0.4) is 0 Å². The fraction of sp³-hybridized carbons (Fsp3) is 0.632. The molecule has 0 spiro atoms. The van der Waals surface area contributed by atoms with Crippen LogP contribution in [0.4, 0.5) is 0 Å². The van der Waals surface area contributed by atoms with Gasteiger partial charge in [-0.15, -0.1) is 28.4 Å². The number of ether oxygens (including phenoxy) is 1. The third-order valence-electron chi connectivity index (χ3n) is 3.47. The van der Waals surface area contributed by atoms with Gasteiger partial charge in [-0.1, -0.05) is 26.3 Å². The van der Waals surface area contributed by atoms with Crippen LogP contribution in [0, 0.1) is 0 Å². The summed E-state index contributed by atoms with van der Waals surface area (Å²) in [5.74, 6) is -0.0748. The zero-order valence-electron chi connectivity index (χ0n) is 17.4. The van der Waals surface area contributed by atoms with Crippen LogP contribution in [0.1, 0.15) is 52.9 Å². The van der Waals surface area contributed by atoms with E-state index in [2.05, 4.69) is 33.7 Å². The van der Waals surface area contributed by atoms with Crippen LogP contribution < -0.4 is 5.73 Å². The van der Waals surface area contributed by atoms with Crippen molar-refractivity contribution in [3.8, 4) is 0 Å². The third kappa shape index (κ3) is 13.9. The van der Waals surface area contributed by atoms with Gasteiger partial charge in [-0.3, -0.25) is 9.59 Å². The standard InChI is InChI=1S/C15H26ClN5O3.C4H8/c1-4-7-12(15(17)19-20-18-11-6-10-16)21(5-2)13(22)8-9-14(23)24-3;1-3-4-2/h6,11-12H,4-5,7-10H2,1-3H3,(H2,17,18,19);3H,1,4H2,2H3/b11-6+;. The van der Waals surface area contributed by atoms with E-state index in [1.54, 1.807) is 11.0 Å². The molecule has 0 saturated heterocycles. The maximum absolute atomic E-state index is 12.4. The highest BCUT2D eigenvalue weighted by atomic mass is 35.5. The molecule has 28 heavy (non-hydrogen) atoms. The van der Waals surface area contributed by atoms with E-state index >= 15 is 0 Å². The molecule has 0 fully saturated rings. The average Bonchev–Trinajstić information content (AvgIpc) is 2.71. The van der Waals surface area contributed by atoms with Crippen molar-refractivity contribution in [3.05, 3.63) is 24.9 Å². The van der Waals surface area contributed by atoms with Crippen molar-refractivity contribution in [3.63, 3.8) is 0 Å². The second kappa shape index (κ2) is 19.5. The molecule has 0 aliphatic rings. The zero-order valence-corrected chi connectivity index (χ0v) is 18.2.